The van der Waals surface area contributed by atoms with Gasteiger partial charge in [-0.15, -0.1) is 0 Å². The van der Waals surface area contributed by atoms with Crippen molar-refractivity contribution >= 4 is 15.9 Å². The van der Waals surface area contributed by atoms with Crippen LogP contribution in [0.15, 0.2) is 59.9 Å². The highest BCUT2D eigenvalue weighted by Gasteiger charge is 2.20. The van der Waals surface area contributed by atoms with Gasteiger partial charge in [-0.2, -0.15) is 5.10 Å². The molecule has 0 bridgehead atoms. The van der Waals surface area contributed by atoms with Gasteiger partial charge in [0.2, 0.25) is 10.0 Å². The number of nitrogens with zero attached hydrogens (tertiary/aromatic N) is 3. The smallest absolute Gasteiger partial charge is 0.238 e. The van der Waals surface area contributed by atoms with Crippen LogP contribution >= 0.6 is 0 Å². The summed E-state index contributed by atoms with van der Waals surface area (Å²) < 4.78 is 25.2. The van der Waals surface area contributed by atoms with Gasteiger partial charge in [0.1, 0.15) is 5.84 Å². The molecule has 0 spiro atoms. The molecule has 0 aliphatic heterocycles. The molecule has 10 nitrogen and oxygen atoms in total. The van der Waals surface area contributed by atoms with Crippen LogP contribution in [0.3, 0.4) is 0 Å². The van der Waals surface area contributed by atoms with Crippen molar-refractivity contribution < 1.29 is 8.42 Å². The first-order chi connectivity index (χ1) is 12.9. The highest BCUT2D eigenvalue weighted by Crippen LogP contribution is 2.28. The van der Waals surface area contributed by atoms with Gasteiger partial charge in [0.15, 0.2) is 0 Å². The number of nitrogens with two attached hydrogens (primary N) is 4. The third-order valence-electron chi connectivity index (χ3n) is 3.60. The molecule has 3 aromatic rings. The summed E-state index contributed by atoms with van der Waals surface area (Å²) in [7, 11) is -4.01. The molecular formula is C16H20N8O2S. The summed E-state index contributed by atoms with van der Waals surface area (Å²) in [5, 5.41) is 17.3. The molecule has 0 atom stereocenters. The highest BCUT2D eigenvalue weighted by molar-refractivity contribution is 7.89. The maximum absolute atomic E-state index is 11.8. The van der Waals surface area contributed by atoms with E-state index in [0.29, 0.717) is 17.7 Å². The van der Waals surface area contributed by atoms with E-state index in [2.05, 4.69) is 21.8 Å². The van der Waals surface area contributed by atoms with Gasteiger partial charge in [-0.3, -0.25) is 26.8 Å². The lowest BCUT2D eigenvalue weighted by molar-refractivity contribution is 0.597. The lowest BCUT2D eigenvalue weighted by Crippen LogP contribution is -2.21. The summed E-state index contributed by atoms with van der Waals surface area (Å²) in [5.74, 6) is 7.62. The SMILES string of the molecule is N=C(N)c1c(-c2cnn(Cc3ccccn3)c2)cccc1S(N)(=O)=O.NN. The Morgan fingerprint density at radius 1 is 1.15 bits per heavy atom. The van der Waals surface area contributed by atoms with Gasteiger partial charge in [0.25, 0.3) is 0 Å². The van der Waals surface area contributed by atoms with E-state index in [-0.39, 0.29) is 16.3 Å². The van der Waals surface area contributed by atoms with Crippen molar-refractivity contribution in [3.63, 3.8) is 0 Å². The van der Waals surface area contributed by atoms with Gasteiger partial charge >= 0.3 is 0 Å². The number of sulfonamides is 1. The Kier molecular flexibility index (Phi) is 6.36. The van der Waals surface area contributed by atoms with Crippen LogP contribution in [-0.4, -0.2) is 29.0 Å². The number of pyridine rings is 1. The van der Waals surface area contributed by atoms with Crippen LogP contribution < -0.4 is 22.6 Å². The number of hydrazine groups is 1. The van der Waals surface area contributed by atoms with E-state index in [0.717, 1.165) is 5.69 Å². The average molecular weight is 388 g/mol. The van der Waals surface area contributed by atoms with Gasteiger partial charge in [-0.05, 0) is 23.8 Å². The van der Waals surface area contributed by atoms with Gasteiger partial charge in [0, 0.05) is 23.5 Å². The van der Waals surface area contributed by atoms with E-state index >= 15 is 0 Å². The second-order valence-corrected chi connectivity index (χ2v) is 6.91. The summed E-state index contributed by atoms with van der Waals surface area (Å²) in [4.78, 5) is 4.05. The number of benzene rings is 1. The Balaban J connectivity index is 0.00000126. The standard InChI is InChI=1S/C16H16N6O2S.H4N2/c17-16(18)15-13(5-3-6-14(15)25(19,23)24)11-8-21-22(9-11)10-12-4-1-2-7-20-12;1-2/h1-9H,10H2,(H3,17,18)(H2,19,23,24);1-2H2. The summed E-state index contributed by atoms with van der Waals surface area (Å²) in [6.07, 6.45) is 5.02. The second-order valence-electron chi connectivity index (χ2n) is 5.39. The first-order valence-corrected chi connectivity index (χ1v) is 9.17. The first kappa shape index (κ1) is 20.2. The maximum Gasteiger partial charge on any atom is 0.238 e. The average Bonchev–Trinajstić information content (AvgIpc) is 3.11. The van der Waals surface area contributed by atoms with Crippen LogP contribution in [0.5, 0.6) is 0 Å². The fraction of sp³-hybridized carbons (Fsp3) is 0.0625. The van der Waals surface area contributed by atoms with Gasteiger partial charge in [-0.25, -0.2) is 13.6 Å². The molecule has 0 saturated heterocycles. The number of amidine groups is 1. The quantitative estimate of drug-likeness (QED) is 0.172. The first-order valence-electron chi connectivity index (χ1n) is 7.62. The molecule has 0 radical (unpaired) electrons. The largest absolute Gasteiger partial charge is 0.384 e. The van der Waals surface area contributed by atoms with E-state index in [1.807, 2.05) is 18.2 Å². The van der Waals surface area contributed by atoms with Crippen LogP contribution in [0.2, 0.25) is 0 Å². The van der Waals surface area contributed by atoms with E-state index in [1.165, 1.54) is 6.07 Å². The minimum absolute atomic E-state index is 0.0717. The molecular weight excluding hydrogens is 368 g/mol. The Hall–Kier alpha value is -3.12. The fourth-order valence-electron chi connectivity index (χ4n) is 2.53. The van der Waals surface area contributed by atoms with Crippen molar-refractivity contribution in [1.29, 1.82) is 5.41 Å². The normalized spacial score (nSPS) is 10.8. The summed E-state index contributed by atoms with van der Waals surface area (Å²) in [5.41, 5.74) is 7.62. The van der Waals surface area contributed by atoms with Crippen molar-refractivity contribution in [3.05, 3.63) is 66.2 Å². The zero-order valence-electron chi connectivity index (χ0n) is 14.3. The Bertz CT molecular complexity index is 1030. The number of nitrogen functional groups attached to an aromatic ring is 1. The lowest BCUT2D eigenvalue weighted by atomic mass is 10.0. The second kappa shape index (κ2) is 8.51. The predicted molar refractivity (Wildman–Crippen MR) is 102 cm³/mol. The van der Waals surface area contributed by atoms with Gasteiger partial charge in [0.05, 0.1) is 23.3 Å². The van der Waals surface area contributed by atoms with Crippen molar-refractivity contribution in [1.82, 2.24) is 14.8 Å². The zero-order valence-corrected chi connectivity index (χ0v) is 15.1. The van der Waals surface area contributed by atoms with E-state index in [9.17, 15) is 8.42 Å². The Morgan fingerprint density at radius 2 is 1.89 bits per heavy atom. The van der Waals surface area contributed by atoms with Crippen LogP contribution in [0, 0.1) is 5.41 Å². The van der Waals surface area contributed by atoms with Crippen molar-refractivity contribution in [2.45, 2.75) is 11.4 Å². The predicted octanol–water partition coefficient (Wildman–Crippen LogP) is -0.256. The number of nitrogens with one attached hydrogen (secondary N) is 1. The molecule has 3 rings (SSSR count). The van der Waals surface area contributed by atoms with Gasteiger partial charge < -0.3 is 5.73 Å². The van der Waals surface area contributed by atoms with Crippen molar-refractivity contribution in [3.8, 4) is 11.1 Å². The lowest BCUT2D eigenvalue weighted by Gasteiger charge is -2.11. The molecule has 11 heteroatoms. The monoisotopic (exact) mass is 388 g/mol. The summed E-state index contributed by atoms with van der Waals surface area (Å²) in [6.45, 7) is 0.463. The molecule has 1 aromatic carbocycles. The number of hydrogen-bond donors (Lipinski definition) is 5. The number of primary sulfonamides is 1. The molecule has 2 aromatic heterocycles. The summed E-state index contributed by atoms with van der Waals surface area (Å²) >= 11 is 0. The van der Waals surface area contributed by atoms with Crippen molar-refractivity contribution in [2.75, 3.05) is 0 Å². The van der Waals surface area contributed by atoms with Crippen LogP contribution in [0.1, 0.15) is 11.3 Å². The molecule has 0 saturated carbocycles. The number of hydrogen-bond acceptors (Lipinski definition) is 7. The molecule has 142 valence electrons. The molecule has 0 amide bonds. The summed E-state index contributed by atoms with van der Waals surface area (Å²) in [6, 6.07) is 10.1. The van der Waals surface area contributed by atoms with Crippen LogP contribution in [0.4, 0.5) is 0 Å². The fourth-order valence-corrected chi connectivity index (χ4v) is 3.31. The Morgan fingerprint density at radius 3 is 2.48 bits per heavy atom. The molecule has 2 heterocycles. The van der Waals surface area contributed by atoms with Crippen LogP contribution in [0.25, 0.3) is 11.1 Å². The van der Waals surface area contributed by atoms with Gasteiger partial charge in [-0.1, -0.05) is 18.2 Å². The van der Waals surface area contributed by atoms with E-state index in [1.54, 1.807) is 35.4 Å². The minimum Gasteiger partial charge on any atom is -0.384 e. The third kappa shape index (κ3) is 4.74. The maximum atomic E-state index is 11.8. The van der Waals surface area contributed by atoms with Crippen LogP contribution in [-0.2, 0) is 16.6 Å². The van der Waals surface area contributed by atoms with E-state index in [4.69, 9.17) is 16.3 Å². The number of rotatable bonds is 5. The third-order valence-corrected chi connectivity index (χ3v) is 4.55. The minimum atomic E-state index is -4.01. The van der Waals surface area contributed by atoms with Crippen molar-refractivity contribution in [2.24, 2.45) is 22.6 Å². The number of aromatic nitrogens is 3. The Labute approximate surface area is 156 Å². The highest BCUT2D eigenvalue weighted by atomic mass is 32.2. The molecule has 0 unspecified atom stereocenters. The topological polar surface area (TPSA) is 193 Å². The molecule has 0 aliphatic carbocycles. The molecule has 27 heavy (non-hydrogen) atoms. The molecule has 9 N–H and O–H groups in total. The zero-order chi connectivity index (χ0) is 20.0. The molecule has 0 aliphatic rings. The molecule has 0 fully saturated rings. The van der Waals surface area contributed by atoms with E-state index < -0.39 is 10.0 Å².